The number of aromatic nitrogens is 2. The van der Waals surface area contributed by atoms with Crippen LogP contribution in [0.15, 0.2) is 27.5 Å². The van der Waals surface area contributed by atoms with Crippen LogP contribution in [0.2, 0.25) is 0 Å². The summed E-state index contributed by atoms with van der Waals surface area (Å²) in [6.45, 7) is 4.00. The van der Waals surface area contributed by atoms with Crippen molar-refractivity contribution >= 4 is 34.6 Å². The summed E-state index contributed by atoms with van der Waals surface area (Å²) in [5.74, 6) is 0. The fourth-order valence-corrected chi connectivity index (χ4v) is 3.95. The van der Waals surface area contributed by atoms with Crippen molar-refractivity contribution in [3.05, 3.63) is 33.2 Å². The van der Waals surface area contributed by atoms with E-state index in [0.717, 1.165) is 4.47 Å². The molecule has 0 aliphatic rings. The zero-order chi connectivity index (χ0) is 14.8. The van der Waals surface area contributed by atoms with Crippen LogP contribution < -0.4 is 5.69 Å². The third kappa shape index (κ3) is 3.23. The van der Waals surface area contributed by atoms with Crippen molar-refractivity contribution in [2.45, 2.75) is 20.1 Å². The van der Waals surface area contributed by atoms with Gasteiger partial charge in [-0.2, -0.15) is 0 Å². The average Bonchev–Trinajstić information content (AvgIpc) is 2.66. The van der Waals surface area contributed by atoms with Crippen molar-refractivity contribution in [3.63, 3.8) is 0 Å². The molecule has 1 N–H and O–H groups in total. The van der Waals surface area contributed by atoms with Crippen LogP contribution in [0, 0.1) is 0 Å². The molecule has 0 radical (unpaired) electrons. The number of imidazole rings is 1. The van der Waals surface area contributed by atoms with E-state index in [-0.39, 0.29) is 25.2 Å². The zero-order valence-corrected chi connectivity index (χ0v) is 13.7. The zero-order valence-electron chi connectivity index (χ0n) is 11.3. The molecule has 0 amide bonds. The van der Waals surface area contributed by atoms with E-state index in [1.807, 2.05) is 6.07 Å². The van der Waals surface area contributed by atoms with E-state index in [4.69, 9.17) is 9.05 Å². The van der Waals surface area contributed by atoms with Gasteiger partial charge in [0, 0.05) is 4.47 Å². The number of rotatable bonds is 6. The number of fused-ring (bicyclic) bond motifs is 1. The Labute approximate surface area is 124 Å². The SMILES string of the molecule is CCOP(=O)(Cn1c(=O)[nH]c2ccc(Br)cc21)OCC. The van der Waals surface area contributed by atoms with Crippen molar-refractivity contribution in [1.82, 2.24) is 9.55 Å². The maximum Gasteiger partial charge on any atom is 0.350 e. The van der Waals surface area contributed by atoms with Gasteiger partial charge in [0.2, 0.25) is 0 Å². The first kappa shape index (κ1) is 15.5. The number of benzene rings is 1. The van der Waals surface area contributed by atoms with Crippen LogP contribution in [0.1, 0.15) is 13.8 Å². The van der Waals surface area contributed by atoms with E-state index in [1.54, 1.807) is 26.0 Å². The second kappa shape index (κ2) is 6.26. The Bertz CT molecular complexity index is 699. The number of nitrogens with zero attached hydrogens (tertiary/aromatic N) is 1. The van der Waals surface area contributed by atoms with Crippen LogP contribution >= 0.6 is 23.5 Å². The first-order valence-corrected chi connectivity index (χ1v) is 8.77. The number of H-pyrrole nitrogens is 1. The second-order valence-corrected chi connectivity index (χ2v) is 7.04. The largest absolute Gasteiger partial charge is 0.350 e. The number of hydrogen-bond acceptors (Lipinski definition) is 4. The summed E-state index contributed by atoms with van der Waals surface area (Å²) in [6, 6.07) is 5.40. The van der Waals surface area contributed by atoms with Crippen molar-refractivity contribution in [1.29, 1.82) is 0 Å². The number of halogens is 1. The van der Waals surface area contributed by atoms with Gasteiger partial charge in [-0.05, 0) is 32.0 Å². The quantitative estimate of drug-likeness (QED) is 0.800. The van der Waals surface area contributed by atoms with Gasteiger partial charge < -0.3 is 14.0 Å². The van der Waals surface area contributed by atoms with Crippen molar-refractivity contribution in [2.24, 2.45) is 0 Å². The molecule has 20 heavy (non-hydrogen) atoms. The molecule has 1 aromatic heterocycles. The predicted molar refractivity (Wildman–Crippen MR) is 81.1 cm³/mol. The lowest BCUT2D eigenvalue weighted by atomic mass is 10.3. The van der Waals surface area contributed by atoms with Gasteiger partial charge in [-0.15, -0.1) is 0 Å². The summed E-state index contributed by atoms with van der Waals surface area (Å²) in [6.07, 6.45) is -0.107. The van der Waals surface area contributed by atoms with E-state index in [0.29, 0.717) is 11.0 Å². The van der Waals surface area contributed by atoms with Gasteiger partial charge in [-0.3, -0.25) is 9.13 Å². The van der Waals surface area contributed by atoms with Crippen LogP contribution in [-0.4, -0.2) is 22.8 Å². The fraction of sp³-hybridized carbons (Fsp3) is 0.417. The molecule has 0 aliphatic heterocycles. The van der Waals surface area contributed by atoms with Crippen LogP contribution in [0.25, 0.3) is 11.0 Å². The molecular weight excluding hydrogens is 347 g/mol. The summed E-state index contributed by atoms with van der Waals surface area (Å²) in [4.78, 5) is 14.7. The summed E-state index contributed by atoms with van der Waals surface area (Å²) in [5, 5.41) is 0. The van der Waals surface area contributed by atoms with Crippen molar-refractivity contribution in [2.75, 3.05) is 13.2 Å². The summed E-state index contributed by atoms with van der Waals surface area (Å²) in [7, 11) is -3.33. The molecule has 0 atom stereocenters. The van der Waals surface area contributed by atoms with E-state index in [9.17, 15) is 9.36 Å². The van der Waals surface area contributed by atoms with Crippen molar-refractivity contribution < 1.29 is 13.6 Å². The van der Waals surface area contributed by atoms with Gasteiger partial charge in [0.05, 0.1) is 24.2 Å². The normalized spacial score (nSPS) is 12.2. The standard InChI is InChI=1S/C12H16BrN2O4P/c1-3-18-20(17,19-4-2)8-15-11-7-9(13)5-6-10(11)14-12(15)16/h5-7H,3-4,8H2,1-2H3,(H,14,16). The summed E-state index contributed by atoms with van der Waals surface area (Å²) in [5.41, 5.74) is 1.000. The lowest BCUT2D eigenvalue weighted by molar-refractivity contribution is 0.214. The molecule has 0 fully saturated rings. The molecule has 2 aromatic rings. The molecule has 1 aromatic carbocycles. The minimum absolute atomic E-state index is 0.107. The van der Waals surface area contributed by atoms with E-state index in [1.165, 1.54) is 4.57 Å². The van der Waals surface area contributed by atoms with E-state index in [2.05, 4.69) is 20.9 Å². The number of hydrogen-bond donors (Lipinski definition) is 1. The molecule has 0 spiro atoms. The van der Waals surface area contributed by atoms with Crippen LogP contribution in [0.5, 0.6) is 0 Å². The van der Waals surface area contributed by atoms with Crippen LogP contribution in [0.4, 0.5) is 0 Å². The topological polar surface area (TPSA) is 73.3 Å². The van der Waals surface area contributed by atoms with Gasteiger partial charge >= 0.3 is 13.3 Å². The Hall–Kier alpha value is -0.880. The Balaban J connectivity index is 2.46. The van der Waals surface area contributed by atoms with Gasteiger partial charge in [0.15, 0.2) is 0 Å². The monoisotopic (exact) mass is 362 g/mol. The fourth-order valence-electron chi connectivity index (χ4n) is 1.95. The van der Waals surface area contributed by atoms with Gasteiger partial charge in [-0.1, -0.05) is 15.9 Å². The second-order valence-electron chi connectivity index (χ2n) is 4.11. The van der Waals surface area contributed by atoms with Crippen LogP contribution in [-0.2, 0) is 19.9 Å². The molecule has 8 heteroatoms. The molecule has 6 nitrogen and oxygen atoms in total. The Morgan fingerprint density at radius 3 is 2.55 bits per heavy atom. The molecule has 0 aliphatic carbocycles. The highest BCUT2D eigenvalue weighted by atomic mass is 79.9. The minimum atomic E-state index is -3.33. The molecule has 0 saturated carbocycles. The third-order valence-corrected chi connectivity index (χ3v) is 5.13. The smallest absolute Gasteiger partial charge is 0.308 e. The lowest BCUT2D eigenvalue weighted by Gasteiger charge is -2.17. The highest BCUT2D eigenvalue weighted by Crippen LogP contribution is 2.49. The Morgan fingerprint density at radius 1 is 1.30 bits per heavy atom. The van der Waals surface area contributed by atoms with Crippen molar-refractivity contribution in [3.8, 4) is 0 Å². The highest BCUT2D eigenvalue weighted by molar-refractivity contribution is 9.10. The molecule has 0 unspecified atom stereocenters. The maximum absolute atomic E-state index is 12.5. The first-order valence-electron chi connectivity index (χ1n) is 6.25. The maximum atomic E-state index is 12.5. The third-order valence-electron chi connectivity index (χ3n) is 2.70. The predicted octanol–water partition coefficient (Wildman–Crippen LogP) is 3.32. The number of nitrogens with one attached hydrogen (secondary N) is 1. The van der Waals surface area contributed by atoms with Gasteiger partial charge in [-0.25, -0.2) is 4.79 Å². The summed E-state index contributed by atoms with van der Waals surface area (Å²) >= 11 is 3.36. The average molecular weight is 363 g/mol. The molecular formula is C12H16BrN2O4P. The van der Waals surface area contributed by atoms with Crippen LogP contribution in [0.3, 0.4) is 0 Å². The molecule has 2 rings (SSSR count). The minimum Gasteiger partial charge on any atom is -0.308 e. The van der Waals surface area contributed by atoms with Gasteiger partial charge in [0.1, 0.15) is 6.29 Å². The lowest BCUT2D eigenvalue weighted by Crippen LogP contribution is -2.18. The molecule has 0 saturated heterocycles. The van der Waals surface area contributed by atoms with E-state index < -0.39 is 7.60 Å². The Morgan fingerprint density at radius 2 is 1.95 bits per heavy atom. The molecule has 1 heterocycles. The van der Waals surface area contributed by atoms with E-state index >= 15 is 0 Å². The summed E-state index contributed by atoms with van der Waals surface area (Å²) < 4.78 is 25.2. The Kier molecular flexibility index (Phi) is 4.86. The number of aromatic amines is 1. The highest BCUT2D eigenvalue weighted by Gasteiger charge is 2.26. The molecule has 0 bridgehead atoms. The molecule has 110 valence electrons. The first-order chi connectivity index (χ1) is 9.49. The van der Waals surface area contributed by atoms with Gasteiger partial charge in [0.25, 0.3) is 0 Å².